The second-order valence-electron chi connectivity index (χ2n) is 5.15. The lowest BCUT2D eigenvalue weighted by Crippen LogP contribution is -2.21. The van der Waals surface area contributed by atoms with Crippen LogP contribution >= 0.6 is 11.3 Å². The van der Waals surface area contributed by atoms with Gasteiger partial charge in [0, 0.05) is 4.88 Å². The molecule has 2 heterocycles. The van der Waals surface area contributed by atoms with Gasteiger partial charge < -0.3 is 19.2 Å². The van der Waals surface area contributed by atoms with E-state index in [-0.39, 0.29) is 5.76 Å². The van der Waals surface area contributed by atoms with Crippen molar-refractivity contribution in [3.63, 3.8) is 0 Å². The SMILES string of the molecule is COC(=O)c1c(NC(=O)COC(=O)c2ccco2)sc2c1CCC2. The van der Waals surface area contributed by atoms with Crippen molar-refractivity contribution in [3.8, 4) is 0 Å². The van der Waals surface area contributed by atoms with Gasteiger partial charge in [-0.1, -0.05) is 0 Å². The van der Waals surface area contributed by atoms with Gasteiger partial charge in [-0.2, -0.15) is 0 Å². The van der Waals surface area contributed by atoms with E-state index in [0.29, 0.717) is 10.6 Å². The highest BCUT2D eigenvalue weighted by Gasteiger charge is 2.28. The number of nitrogens with one attached hydrogen (secondary N) is 1. The molecule has 7 nitrogen and oxygen atoms in total. The summed E-state index contributed by atoms with van der Waals surface area (Å²) in [6, 6.07) is 2.99. The predicted octanol–water partition coefficient (Wildman–Crippen LogP) is 2.41. The number of rotatable bonds is 5. The third-order valence-electron chi connectivity index (χ3n) is 3.62. The average Bonchev–Trinajstić information content (AvgIpc) is 3.28. The zero-order valence-electron chi connectivity index (χ0n) is 12.9. The number of hydrogen-bond acceptors (Lipinski definition) is 7. The topological polar surface area (TPSA) is 94.8 Å². The highest BCUT2D eigenvalue weighted by Crippen LogP contribution is 2.39. The Hall–Kier alpha value is -2.61. The lowest BCUT2D eigenvalue weighted by molar-refractivity contribution is -0.119. The van der Waals surface area contributed by atoms with Crippen molar-refractivity contribution in [3.05, 3.63) is 40.2 Å². The summed E-state index contributed by atoms with van der Waals surface area (Å²) in [6.45, 7) is -0.470. The number of methoxy groups -OCH3 is 1. The fraction of sp³-hybridized carbons (Fsp3) is 0.312. The average molecular weight is 349 g/mol. The summed E-state index contributed by atoms with van der Waals surface area (Å²) >= 11 is 1.36. The number of furan rings is 1. The van der Waals surface area contributed by atoms with E-state index in [4.69, 9.17) is 13.9 Å². The van der Waals surface area contributed by atoms with E-state index >= 15 is 0 Å². The Morgan fingerprint density at radius 3 is 2.83 bits per heavy atom. The van der Waals surface area contributed by atoms with Crippen LogP contribution in [0.4, 0.5) is 5.00 Å². The summed E-state index contributed by atoms with van der Waals surface area (Å²) in [4.78, 5) is 36.7. The molecule has 24 heavy (non-hydrogen) atoms. The van der Waals surface area contributed by atoms with Gasteiger partial charge in [0.15, 0.2) is 6.61 Å². The van der Waals surface area contributed by atoms with Gasteiger partial charge in [0.05, 0.1) is 18.9 Å². The molecule has 2 aromatic heterocycles. The number of amides is 1. The zero-order valence-corrected chi connectivity index (χ0v) is 13.7. The first-order valence-corrected chi connectivity index (χ1v) is 8.15. The summed E-state index contributed by atoms with van der Waals surface area (Å²) in [6.07, 6.45) is 4.00. The Balaban J connectivity index is 1.66. The van der Waals surface area contributed by atoms with Crippen LogP contribution in [0.15, 0.2) is 22.8 Å². The van der Waals surface area contributed by atoms with Crippen molar-refractivity contribution >= 4 is 34.2 Å². The lowest BCUT2D eigenvalue weighted by Gasteiger charge is -2.07. The van der Waals surface area contributed by atoms with Gasteiger partial charge in [-0.3, -0.25) is 4.79 Å². The van der Waals surface area contributed by atoms with E-state index in [1.54, 1.807) is 6.07 Å². The summed E-state index contributed by atoms with van der Waals surface area (Å²) in [7, 11) is 1.30. The quantitative estimate of drug-likeness (QED) is 0.833. The lowest BCUT2D eigenvalue weighted by atomic mass is 10.1. The van der Waals surface area contributed by atoms with Crippen LogP contribution in [0, 0.1) is 0 Å². The van der Waals surface area contributed by atoms with E-state index in [0.717, 1.165) is 29.7 Å². The third-order valence-corrected chi connectivity index (χ3v) is 4.83. The molecule has 3 rings (SSSR count). The Labute approximate surface area is 141 Å². The molecule has 0 saturated heterocycles. The number of carbonyl (C=O) groups excluding carboxylic acids is 3. The number of carbonyl (C=O) groups is 3. The molecular formula is C16H15NO6S. The molecule has 0 atom stereocenters. The first kappa shape index (κ1) is 16.3. The highest BCUT2D eigenvalue weighted by atomic mass is 32.1. The molecule has 0 saturated carbocycles. The molecule has 0 aromatic carbocycles. The van der Waals surface area contributed by atoms with Gasteiger partial charge in [0.25, 0.3) is 5.91 Å². The maximum absolute atomic E-state index is 12.0. The van der Waals surface area contributed by atoms with E-state index in [2.05, 4.69) is 5.32 Å². The number of aryl methyl sites for hydroxylation is 1. The minimum Gasteiger partial charge on any atom is -0.465 e. The van der Waals surface area contributed by atoms with Crippen molar-refractivity contribution < 1.29 is 28.3 Å². The summed E-state index contributed by atoms with van der Waals surface area (Å²) in [5.74, 6) is -1.71. The van der Waals surface area contributed by atoms with Crippen LogP contribution < -0.4 is 5.32 Å². The molecule has 8 heteroatoms. The van der Waals surface area contributed by atoms with Gasteiger partial charge in [0.2, 0.25) is 5.76 Å². The van der Waals surface area contributed by atoms with Crippen molar-refractivity contribution in [2.45, 2.75) is 19.3 Å². The van der Waals surface area contributed by atoms with Gasteiger partial charge >= 0.3 is 11.9 Å². The minimum absolute atomic E-state index is 0.0214. The van der Waals surface area contributed by atoms with E-state index in [1.165, 1.54) is 30.8 Å². The van der Waals surface area contributed by atoms with Gasteiger partial charge in [-0.05, 0) is 37.0 Å². The monoisotopic (exact) mass is 349 g/mol. The number of hydrogen-bond donors (Lipinski definition) is 1. The first-order valence-electron chi connectivity index (χ1n) is 7.33. The van der Waals surface area contributed by atoms with Crippen LogP contribution in [-0.4, -0.2) is 31.6 Å². The molecule has 1 amide bonds. The largest absolute Gasteiger partial charge is 0.465 e. The van der Waals surface area contributed by atoms with Crippen LogP contribution in [0.3, 0.4) is 0 Å². The third kappa shape index (κ3) is 3.18. The van der Waals surface area contributed by atoms with Crippen LogP contribution in [0.2, 0.25) is 0 Å². The van der Waals surface area contributed by atoms with E-state index in [1.807, 2.05) is 0 Å². The van der Waals surface area contributed by atoms with Gasteiger partial charge in [-0.15, -0.1) is 11.3 Å². The minimum atomic E-state index is -0.725. The second kappa shape index (κ2) is 6.88. The van der Waals surface area contributed by atoms with Crippen molar-refractivity contribution in [1.29, 1.82) is 0 Å². The molecule has 0 radical (unpaired) electrons. The normalized spacial score (nSPS) is 12.5. The van der Waals surface area contributed by atoms with Crippen LogP contribution in [0.5, 0.6) is 0 Å². The highest BCUT2D eigenvalue weighted by molar-refractivity contribution is 7.17. The van der Waals surface area contributed by atoms with Crippen molar-refractivity contribution in [1.82, 2.24) is 0 Å². The summed E-state index contributed by atoms with van der Waals surface area (Å²) in [5.41, 5.74) is 1.34. The summed E-state index contributed by atoms with van der Waals surface area (Å²) < 4.78 is 14.6. The zero-order chi connectivity index (χ0) is 17.1. The van der Waals surface area contributed by atoms with Crippen LogP contribution in [0.25, 0.3) is 0 Å². The maximum Gasteiger partial charge on any atom is 0.374 e. The molecule has 0 bridgehead atoms. The fourth-order valence-electron chi connectivity index (χ4n) is 2.57. The van der Waals surface area contributed by atoms with Crippen molar-refractivity contribution in [2.24, 2.45) is 0 Å². The molecular weight excluding hydrogens is 334 g/mol. The fourth-order valence-corrected chi connectivity index (χ4v) is 3.86. The van der Waals surface area contributed by atoms with E-state index in [9.17, 15) is 14.4 Å². The summed E-state index contributed by atoms with van der Waals surface area (Å²) in [5, 5.41) is 3.06. The van der Waals surface area contributed by atoms with Crippen LogP contribution in [-0.2, 0) is 27.1 Å². The predicted molar refractivity (Wildman–Crippen MR) is 85.3 cm³/mol. The molecule has 2 aromatic rings. The number of fused-ring (bicyclic) bond motifs is 1. The van der Waals surface area contributed by atoms with Gasteiger partial charge in [-0.25, -0.2) is 9.59 Å². The number of esters is 2. The maximum atomic E-state index is 12.0. The smallest absolute Gasteiger partial charge is 0.374 e. The Bertz CT molecular complexity index is 777. The Morgan fingerprint density at radius 2 is 2.12 bits per heavy atom. The number of anilines is 1. The molecule has 1 aliphatic rings. The van der Waals surface area contributed by atoms with Crippen LogP contribution in [0.1, 0.15) is 37.8 Å². The number of thiophene rings is 1. The van der Waals surface area contributed by atoms with E-state index < -0.39 is 24.5 Å². The molecule has 1 aliphatic carbocycles. The Morgan fingerprint density at radius 1 is 1.29 bits per heavy atom. The van der Waals surface area contributed by atoms with Crippen molar-refractivity contribution in [2.75, 3.05) is 19.0 Å². The molecule has 0 fully saturated rings. The Kier molecular flexibility index (Phi) is 4.66. The molecule has 1 N–H and O–H groups in total. The van der Waals surface area contributed by atoms with Gasteiger partial charge in [0.1, 0.15) is 5.00 Å². The molecule has 126 valence electrons. The number of ether oxygens (including phenoxy) is 2. The first-order chi connectivity index (χ1) is 11.6. The molecule has 0 unspecified atom stereocenters. The standard InChI is InChI=1S/C16H15NO6S/c1-21-16(20)13-9-4-2-6-11(9)24-14(13)17-12(18)8-23-15(19)10-5-3-7-22-10/h3,5,7H,2,4,6,8H2,1H3,(H,17,18). The molecule has 0 spiro atoms. The second-order valence-corrected chi connectivity index (χ2v) is 6.26. The molecule has 0 aliphatic heterocycles.